The molecule has 0 aromatic heterocycles. The van der Waals surface area contributed by atoms with Crippen molar-refractivity contribution in [2.24, 2.45) is 0 Å². The van der Waals surface area contributed by atoms with E-state index in [0.717, 1.165) is 32.1 Å². The lowest BCUT2D eigenvalue weighted by molar-refractivity contribution is 0.313. The summed E-state index contributed by atoms with van der Waals surface area (Å²) in [5, 5.41) is 0. The largest absolute Gasteiger partial charge is 0.246 e. The first kappa shape index (κ1) is 16.7. The first-order valence-corrected chi connectivity index (χ1v) is 9.34. The number of rotatable bonds is 4. The predicted molar refractivity (Wildman–Crippen MR) is 82.4 cm³/mol. The van der Waals surface area contributed by atoms with E-state index in [-0.39, 0.29) is 16.8 Å². The van der Waals surface area contributed by atoms with E-state index in [1.807, 2.05) is 6.92 Å². The van der Waals surface area contributed by atoms with E-state index in [1.54, 1.807) is 0 Å². The summed E-state index contributed by atoms with van der Waals surface area (Å²) in [7, 11) is -3.81. The summed E-state index contributed by atoms with van der Waals surface area (Å²) in [5.41, 5.74) is 0.611. The minimum Gasteiger partial charge on any atom is -0.207 e. The third-order valence-electron chi connectivity index (χ3n) is 4.03. The Kier molecular flexibility index (Phi) is 5.63. The van der Waals surface area contributed by atoms with Crippen molar-refractivity contribution in [3.8, 4) is 0 Å². The summed E-state index contributed by atoms with van der Waals surface area (Å²) in [4.78, 5) is -0.249. The van der Waals surface area contributed by atoms with Crippen LogP contribution in [0.15, 0.2) is 23.1 Å². The van der Waals surface area contributed by atoms with Gasteiger partial charge in [-0.1, -0.05) is 25.8 Å². The highest BCUT2D eigenvalue weighted by Gasteiger charge is 2.33. The summed E-state index contributed by atoms with van der Waals surface area (Å²) in [6.45, 7) is 2.44. The average Bonchev–Trinajstić information content (AvgIpc) is 2.73. The van der Waals surface area contributed by atoms with Crippen molar-refractivity contribution in [3.05, 3.63) is 29.6 Å². The number of sulfonamides is 1. The molecule has 3 nitrogen and oxygen atoms in total. The summed E-state index contributed by atoms with van der Waals surface area (Å²) in [5.74, 6) is -0.539. The van der Waals surface area contributed by atoms with Gasteiger partial charge in [0.15, 0.2) is 0 Å². The second-order valence-electron chi connectivity index (χ2n) is 5.43. The van der Waals surface area contributed by atoms with Crippen molar-refractivity contribution < 1.29 is 12.8 Å². The molecule has 1 atom stereocenters. The SMILES string of the molecule is CCC1CCCCCN1S(=O)(=O)c1cc(CCl)ccc1F. The first-order valence-electron chi connectivity index (χ1n) is 7.37. The number of hydrogen-bond acceptors (Lipinski definition) is 2. The van der Waals surface area contributed by atoms with Gasteiger partial charge in [-0.3, -0.25) is 0 Å². The van der Waals surface area contributed by atoms with Crippen LogP contribution in [-0.4, -0.2) is 25.3 Å². The van der Waals surface area contributed by atoms with Crippen molar-refractivity contribution >= 4 is 21.6 Å². The van der Waals surface area contributed by atoms with Gasteiger partial charge >= 0.3 is 0 Å². The lowest BCUT2D eigenvalue weighted by atomic mass is 10.1. The molecule has 1 unspecified atom stereocenters. The second-order valence-corrected chi connectivity index (χ2v) is 7.55. The molecule has 2 rings (SSSR count). The van der Waals surface area contributed by atoms with Gasteiger partial charge in [0.05, 0.1) is 0 Å². The monoisotopic (exact) mass is 333 g/mol. The fourth-order valence-corrected chi connectivity index (χ4v) is 4.88. The lowest BCUT2D eigenvalue weighted by Crippen LogP contribution is -2.40. The number of alkyl halides is 1. The van der Waals surface area contributed by atoms with E-state index in [4.69, 9.17) is 11.6 Å². The molecule has 118 valence electrons. The number of benzene rings is 1. The van der Waals surface area contributed by atoms with E-state index < -0.39 is 15.8 Å². The van der Waals surface area contributed by atoms with Crippen LogP contribution in [0.5, 0.6) is 0 Å². The standard InChI is InChI=1S/C15H21ClFNO2S/c1-2-13-6-4-3-5-9-18(13)21(19,20)15-10-12(11-16)7-8-14(15)17/h7-8,10,13H,2-6,9,11H2,1H3. The smallest absolute Gasteiger partial charge is 0.207 e. The van der Waals surface area contributed by atoms with Gasteiger partial charge < -0.3 is 0 Å². The molecule has 1 saturated heterocycles. The fraction of sp³-hybridized carbons (Fsp3) is 0.600. The highest BCUT2D eigenvalue weighted by molar-refractivity contribution is 7.89. The number of nitrogens with zero attached hydrogens (tertiary/aromatic N) is 1. The van der Waals surface area contributed by atoms with Gasteiger partial charge in [-0.15, -0.1) is 11.6 Å². The summed E-state index contributed by atoms with van der Waals surface area (Å²) in [6, 6.07) is 4.01. The van der Waals surface area contributed by atoms with Crippen LogP contribution >= 0.6 is 11.6 Å². The van der Waals surface area contributed by atoms with E-state index in [9.17, 15) is 12.8 Å². The molecule has 1 fully saturated rings. The maximum absolute atomic E-state index is 14.0. The minimum atomic E-state index is -3.81. The second kappa shape index (κ2) is 7.07. The highest BCUT2D eigenvalue weighted by Crippen LogP contribution is 2.28. The van der Waals surface area contributed by atoms with Crippen LogP contribution in [0, 0.1) is 5.82 Å². The summed E-state index contributed by atoms with van der Waals surface area (Å²) < 4.78 is 41.2. The zero-order valence-corrected chi connectivity index (χ0v) is 13.8. The molecule has 6 heteroatoms. The Labute approximate surface area is 131 Å². The first-order chi connectivity index (χ1) is 10.0. The minimum absolute atomic E-state index is 0.0449. The van der Waals surface area contributed by atoms with Crippen LogP contribution in [0.25, 0.3) is 0 Å². The van der Waals surface area contributed by atoms with E-state index >= 15 is 0 Å². The van der Waals surface area contributed by atoms with Gasteiger partial charge in [0.2, 0.25) is 10.0 Å². The molecule has 0 amide bonds. The van der Waals surface area contributed by atoms with E-state index in [1.165, 1.54) is 22.5 Å². The third-order valence-corrected chi connectivity index (χ3v) is 6.31. The molecule has 0 saturated carbocycles. The maximum Gasteiger partial charge on any atom is 0.246 e. The fourth-order valence-electron chi connectivity index (χ4n) is 2.83. The van der Waals surface area contributed by atoms with Crippen LogP contribution in [0.3, 0.4) is 0 Å². The topological polar surface area (TPSA) is 37.4 Å². The Balaban J connectivity index is 2.44. The van der Waals surface area contributed by atoms with Gasteiger partial charge in [0.1, 0.15) is 10.7 Å². The van der Waals surface area contributed by atoms with Gasteiger partial charge in [0.25, 0.3) is 0 Å². The molecule has 0 spiro atoms. The molecule has 1 aromatic carbocycles. The zero-order valence-electron chi connectivity index (χ0n) is 12.2. The number of halogens is 2. The number of hydrogen-bond donors (Lipinski definition) is 0. The van der Waals surface area contributed by atoms with E-state index in [0.29, 0.717) is 12.1 Å². The Morgan fingerprint density at radius 1 is 1.33 bits per heavy atom. The molecular weight excluding hydrogens is 313 g/mol. The quantitative estimate of drug-likeness (QED) is 0.783. The molecular formula is C15H21ClFNO2S. The predicted octanol–water partition coefficient (Wildman–Crippen LogP) is 3.91. The van der Waals surface area contributed by atoms with Crippen LogP contribution < -0.4 is 0 Å². The van der Waals surface area contributed by atoms with Crippen LogP contribution in [0.2, 0.25) is 0 Å². The van der Waals surface area contributed by atoms with Crippen molar-refractivity contribution in [2.75, 3.05) is 6.54 Å². The van der Waals surface area contributed by atoms with Gasteiger partial charge in [-0.05, 0) is 37.0 Å². The maximum atomic E-state index is 14.0. The molecule has 0 radical (unpaired) electrons. The Morgan fingerprint density at radius 2 is 2.10 bits per heavy atom. The Hall–Kier alpha value is -0.650. The molecule has 1 aromatic rings. The van der Waals surface area contributed by atoms with Gasteiger partial charge in [-0.2, -0.15) is 4.31 Å². The van der Waals surface area contributed by atoms with Crippen LogP contribution in [0.1, 0.15) is 44.6 Å². The highest BCUT2D eigenvalue weighted by atomic mass is 35.5. The molecule has 0 N–H and O–H groups in total. The average molecular weight is 334 g/mol. The van der Waals surface area contributed by atoms with Crippen molar-refractivity contribution in [2.45, 2.75) is 55.8 Å². The molecule has 21 heavy (non-hydrogen) atoms. The summed E-state index contributed by atoms with van der Waals surface area (Å²) in [6.07, 6.45) is 4.45. The van der Waals surface area contributed by atoms with Crippen molar-refractivity contribution in [1.29, 1.82) is 0 Å². The van der Waals surface area contributed by atoms with Crippen molar-refractivity contribution in [3.63, 3.8) is 0 Å². The third kappa shape index (κ3) is 3.58. The molecule has 0 bridgehead atoms. The van der Waals surface area contributed by atoms with Crippen LogP contribution in [-0.2, 0) is 15.9 Å². The van der Waals surface area contributed by atoms with E-state index in [2.05, 4.69) is 0 Å². The zero-order chi connectivity index (χ0) is 15.5. The molecule has 1 heterocycles. The summed E-state index contributed by atoms with van der Waals surface area (Å²) >= 11 is 5.74. The molecule has 1 aliphatic rings. The van der Waals surface area contributed by atoms with Crippen LogP contribution in [0.4, 0.5) is 4.39 Å². The lowest BCUT2D eigenvalue weighted by Gasteiger charge is -2.28. The van der Waals surface area contributed by atoms with Gasteiger partial charge in [-0.25, -0.2) is 12.8 Å². The molecule has 1 aliphatic heterocycles. The van der Waals surface area contributed by atoms with Gasteiger partial charge in [0, 0.05) is 18.5 Å². The molecule has 0 aliphatic carbocycles. The Bertz CT molecular complexity index is 591. The Morgan fingerprint density at radius 3 is 2.76 bits per heavy atom. The normalized spacial score (nSPS) is 21.2. The van der Waals surface area contributed by atoms with Crippen molar-refractivity contribution in [1.82, 2.24) is 4.31 Å².